The summed E-state index contributed by atoms with van der Waals surface area (Å²) in [6, 6.07) is 15.3. The van der Waals surface area contributed by atoms with Gasteiger partial charge < -0.3 is 9.73 Å². The zero-order chi connectivity index (χ0) is 21.1. The highest BCUT2D eigenvalue weighted by Crippen LogP contribution is 2.22. The fourth-order valence-electron chi connectivity index (χ4n) is 2.85. The third-order valence-electron chi connectivity index (χ3n) is 4.42. The monoisotopic (exact) mass is 417 g/mol. The van der Waals surface area contributed by atoms with Crippen molar-refractivity contribution in [1.82, 2.24) is 20.3 Å². The Balaban J connectivity index is 1.48. The average molecular weight is 417 g/mol. The molecule has 7 nitrogen and oxygen atoms in total. The van der Waals surface area contributed by atoms with E-state index in [9.17, 15) is 4.79 Å². The lowest BCUT2D eigenvalue weighted by molar-refractivity contribution is -0.115. The number of nitrogens with zero attached hydrogens (tertiary/aromatic N) is 3. The SMILES string of the molecule is Cc1ccc(-n2nc3cc(C)c(NC(=S)NC(=O)C=Cc4ccco4)cc3n2)cc1. The van der Waals surface area contributed by atoms with Gasteiger partial charge in [0, 0.05) is 11.8 Å². The summed E-state index contributed by atoms with van der Waals surface area (Å²) in [5.41, 5.74) is 5.23. The number of thiocarbonyl (C=S) groups is 1. The number of aromatic nitrogens is 3. The van der Waals surface area contributed by atoms with Crippen molar-refractivity contribution in [1.29, 1.82) is 0 Å². The first-order chi connectivity index (χ1) is 14.5. The van der Waals surface area contributed by atoms with Crippen LogP contribution in [0.5, 0.6) is 0 Å². The summed E-state index contributed by atoms with van der Waals surface area (Å²) in [7, 11) is 0. The quantitative estimate of drug-likeness (QED) is 0.383. The van der Waals surface area contributed by atoms with Crippen LogP contribution in [-0.4, -0.2) is 26.0 Å². The summed E-state index contributed by atoms with van der Waals surface area (Å²) in [5.74, 6) is 0.231. The number of nitrogens with one attached hydrogen (secondary N) is 2. The molecule has 0 aliphatic carbocycles. The highest BCUT2D eigenvalue weighted by molar-refractivity contribution is 7.80. The van der Waals surface area contributed by atoms with E-state index >= 15 is 0 Å². The van der Waals surface area contributed by atoms with Crippen LogP contribution < -0.4 is 10.6 Å². The van der Waals surface area contributed by atoms with Crippen molar-refractivity contribution in [3.8, 4) is 5.69 Å². The molecule has 0 spiro atoms. The van der Waals surface area contributed by atoms with E-state index in [-0.39, 0.29) is 11.0 Å². The lowest BCUT2D eigenvalue weighted by Gasteiger charge is -2.10. The van der Waals surface area contributed by atoms with Gasteiger partial charge in [0.1, 0.15) is 16.8 Å². The van der Waals surface area contributed by atoms with E-state index in [0.29, 0.717) is 5.76 Å². The predicted octanol–water partition coefficient (Wildman–Crippen LogP) is 4.16. The number of furan rings is 1. The predicted molar refractivity (Wildman–Crippen MR) is 120 cm³/mol. The fraction of sp³-hybridized carbons (Fsp3) is 0.0909. The second-order valence-corrected chi connectivity index (χ2v) is 7.18. The van der Waals surface area contributed by atoms with Crippen molar-refractivity contribution in [3.63, 3.8) is 0 Å². The van der Waals surface area contributed by atoms with E-state index in [4.69, 9.17) is 16.6 Å². The number of amides is 1. The molecule has 30 heavy (non-hydrogen) atoms. The summed E-state index contributed by atoms with van der Waals surface area (Å²) in [6.45, 7) is 3.97. The molecule has 2 aromatic carbocycles. The van der Waals surface area contributed by atoms with Crippen LogP contribution in [0, 0.1) is 13.8 Å². The lowest BCUT2D eigenvalue weighted by Crippen LogP contribution is -2.33. The number of fused-ring (bicyclic) bond motifs is 1. The molecule has 2 N–H and O–H groups in total. The highest BCUT2D eigenvalue weighted by atomic mass is 32.1. The van der Waals surface area contributed by atoms with Gasteiger partial charge in [0.2, 0.25) is 5.91 Å². The minimum atomic E-state index is -0.354. The van der Waals surface area contributed by atoms with Crippen LogP contribution in [0.25, 0.3) is 22.8 Å². The molecule has 0 atom stereocenters. The molecule has 0 fully saturated rings. The standard InChI is InChI=1S/C22H19N5O2S/c1-14-5-7-16(8-6-14)27-25-19-12-15(2)18(13-20(19)26-27)23-22(30)24-21(28)10-9-17-4-3-11-29-17/h3-13H,1-2H3,(H2,23,24,28,30). The maximum absolute atomic E-state index is 12.0. The Labute approximate surface area is 178 Å². The van der Waals surface area contributed by atoms with Gasteiger partial charge in [0.05, 0.1) is 12.0 Å². The van der Waals surface area contributed by atoms with E-state index < -0.39 is 0 Å². The molecular formula is C22H19N5O2S. The van der Waals surface area contributed by atoms with Crippen molar-refractivity contribution in [2.24, 2.45) is 0 Å². The Hall–Kier alpha value is -3.78. The van der Waals surface area contributed by atoms with E-state index in [1.807, 2.05) is 50.2 Å². The van der Waals surface area contributed by atoms with Gasteiger partial charge in [0.15, 0.2) is 5.11 Å². The number of aryl methyl sites for hydroxylation is 2. The molecule has 0 bridgehead atoms. The molecule has 0 saturated heterocycles. The largest absolute Gasteiger partial charge is 0.465 e. The zero-order valence-electron chi connectivity index (χ0n) is 16.4. The van der Waals surface area contributed by atoms with Gasteiger partial charge in [-0.25, -0.2) is 0 Å². The molecule has 150 valence electrons. The summed E-state index contributed by atoms with van der Waals surface area (Å²) in [6.07, 6.45) is 4.46. The molecule has 2 heterocycles. The smallest absolute Gasteiger partial charge is 0.250 e. The highest BCUT2D eigenvalue weighted by Gasteiger charge is 2.10. The maximum Gasteiger partial charge on any atom is 0.250 e. The molecule has 0 unspecified atom stereocenters. The zero-order valence-corrected chi connectivity index (χ0v) is 17.2. The Bertz CT molecular complexity index is 1240. The Morgan fingerprint density at radius 2 is 1.83 bits per heavy atom. The summed E-state index contributed by atoms with van der Waals surface area (Å²) in [5, 5.41) is 15.0. The molecule has 8 heteroatoms. The number of hydrogen-bond donors (Lipinski definition) is 2. The first-order valence-electron chi connectivity index (χ1n) is 9.26. The molecule has 4 rings (SSSR count). The molecule has 0 aliphatic rings. The van der Waals surface area contributed by atoms with Crippen molar-refractivity contribution in [3.05, 3.63) is 77.8 Å². The van der Waals surface area contributed by atoms with Gasteiger partial charge in [-0.05, 0) is 74.1 Å². The van der Waals surface area contributed by atoms with Crippen molar-refractivity contribution in [2.75, 3.05) is 5.32 Å². The number of rotatable bonds is 4. The van der Waals surface area contributed by atoms with Gasteiger partial charge in [-0.15, -0.1) is 10.2 Å². The average Bonchev–Trinajstić information content (AvgIpc) is 3.37. The Kier molecular flexibility index (Phi) is 5.40. The van der Waals surface area contributed by atoms with Crippen LogP contribution in [-0.2, 0) is 4.79 Å². The molecule has 0 saturated carbocycles. The topological polar surface area (TPSA) is 85.0 Å². The number of benzene rings is 2. The van der Waals surface area contributed by atoms with Crippen LogP contribution in [0.3, 0.4) is 0 Å². The molecular weight excluding hydrogens is 398 g/mol. The van der Waals surface area contributed by atoms with E-state index in [0.717, 1.165) is 28.0 Å². The first kappa shape index (κ1) is 19.5. The fourth-order valence-corrected chi connectivity index (χ4v) is 3.06. The summed E-state index contributed by atoms with van der Waals surface area (Å²) in [4.78, 5) is 13.6. The van der Waals surface area contributed by atoms with Gasteiger partial charge in [-0.2, -0.15) is 4.80 Å². The van der Waals surface area contributed by atoms with Crippen LogP contribution in [0.4, 0.5) is 5.69 Å². The van der Waals surface area contributed by atoms with Gasteiger partial charge >= 0.3 is 0 Å². The third-order valence-corrected chi connectivity index (χ3v) is 4.62. The van der Waals surface area contributed by atoms with Gasteiger partial charge in [-0.3, -0.25) is 10.1 Å². The number of hydrogen-bond acceptors (Lipinski definition) is 5. The van der Waals surface area contributed by atoms with Crippen LogP contribution in [0.1, 0.15) is 16.9 Å². The number of carbonyl (C=O) groups excluding carboxylic acids is 1. The van der Waals surface area contributed by atoms with Crippen molar-refractivity contribution < 1.29 is 9.21 Å². The van der Waals surface area contributed by atoms with Crippen LogP contribution in [0.15, 0.2) is 65.3 Å². The number of anilines is 1. The van der Waals surface area contributed by atoms with Crippen molar-refractivity contribution >= 4 is 46.0 Å². The second-order valence-electron chi connectivity index (χ2n) is 6.77. The summed E-state index contributed by atoms with van der Waals surface area (Å²) >= 11 is 5.26. The molecule has 2 aromatic heterocycles. The normalized spacial score (nSPS) is 11.1. The third kappa shape index (κ3) is 4.44. The number of carbonyl (C=O) groups is 1. The second kappa shape index (κ2) is 8.30. The van der Waals surface area contributed by atoms with Crippen molar-refractivity contribution in [2.45, 2.75) is 13.8 Å². The summed E-state index contributed by atoms with van der Waals surface area (Å²) < 4.78 is 5.15. The Morgan fingerprint density at radius 3 is 2.53 bits per heavy atom. The Morgan fingerprint density at radius 1 is 1.10 bits per heavy atom. The minimum Gasteiger partial charge on any atom is -0.465 e. The van der Waals surface area contributed by atoms with E-state index in [1.165, 1.54) is 17.9 Å². The van der Waals surface area contributed by atoms with E-state index in [2.05, 4.69) is 20.8 Å². The van der Waals surface area contributed by atoms with Crippen LogP contribution in [0.2, 0.25) is 0 Å². The van der Waals surface area contributed by atoms with Crippen LogP contribution >= 0.6 is 12.2 Å². The molecule has 0 radical (unpaired) electrons. The molecule has 4 aromatic rings. The molecule has 1 amide bonds. The molecule has 0 aliphatic heterocycles. The first-order valence-corrected chi connectivity index (χ1v) is 9.67. The van der Waals surface area contributed by atoms with Gasteiger partial charge in [-0.1, -0.05) is 17.7 Å². The maximum atomic E-state index is 12.0. The van der Waals surface area contributed by atoms with Gasteiger partial charge in [0.25, 0.3) is 0 Å². The van der Waals surface area contributed by atoms with E-state index in [1.54, 1.807) is 23.0 Å². The minimum absolute atomic E-state index is 0.192. The lowest BCUT2D eigenvalue weighted by atomic mass is 10.2.